The van der Waals surface area contributed by atoms with Crippen LogP contribution in [0.1, 0.15) is 92.1 Å². The Morgan fingerprint density at radius 2 is 1.76 bits per heavy atom. The Labute approximate surface area is 322 Å². The van der Waals surface area contributed by atoms with E-state index in [9.17, 15) is 9.50 Å². The lowest BCUT2D eigenvalue weighted by Crippen LogP contribution is -2.43. The van der Waals surface area contributed by atoms with Crippen molar-refractivity contribution in [1.82, 2.24) is 19.9 Å². The maximum absolute atomic E-state index is 17.5. The largest absolute Gasteiger partial charge is 0.508 e. The van der Waals surface area contributed by atoms with Gasteiger partial charge in [-0.15, -0.1) is 5.54 Å². The number of pyridine rings is 1. The molecule has 0 unspecified atom stereocenters. The van der Waals surface area contributed by atoms with Crippen molar-refractivity contribution in [2.45, 2.75) is 121 Å². The number of aromatic hydroxyl groups is 1. The number of ether oxygens (including phenoxy) is 2. The minimum Gasteiger partial charge on any atom is -0.508 e. The Morgan fingerprint density at radius 3 is 2.53 bits per heavy atom. The van der Waals surface area contributed by atoms with Crippen molar-refractivity contribution in [3.63, 3.8) is 0 Å². The van der Waals surface area contributed by atoms with E-state index in [-0.39, 0.29) is 52.6 Å². The second-order valence-corrected chi connectivity index (χ2v) is 22.7. The van der Waals surface area contributed by atoms with E-state index in [1.165, 1.54) is 18.2 Å². The Balaban J connectivity index is 1.34. The molecule has 0 aliphatic carbocycles. The van der Waals surface area contributed by atoms with Gasteiger partial charge in [-0.05, 0) is 72.4 Å². The summed E-state index contributed by atoms with van der Waals surface area (Å²) >= 11 is 0. The number of benzene rings is 2. The van der Waals surface area contributed by atoms with Crippen LogP contribution in [0.15, 0.2) is 24.3 Å². The van der Waals surface area contributed by atoms with Gasteiger partial charge in [-0.3, -0.25) is 4.90 Å². The quantitative estimate of drug-likeness (QED) is 0.147. The first kappa shape index (κ1) is 37.8. The van der Waals surface area contributed by atoms with Crippen LogP contribution in [-0.2, 0) is 0 Å². The summed E-state index contributed by atoms with van der Waals surface area (Å²) in [4.78, 5) is 18.8. The highest BCUT2D eigenvalue weighted by Crippen LogP contribution is 2.46. The van der Waals surface area contributed by atoms with E-state index in [1.54, 1.807) is 6.07 Å². The van der Waals surface area contributed by atoms with Crippen molar-refractivity contribution in [2.75, 3.05) is 37.7 Å². The lowest BCUT2D eigenvalue weighted by atomic mass is 9.95. The SMILES string of the molecule is CC(C)[Si](C#Cc1c(F)ccc2cc(O)cc(-c3nc4c5c(nc(OC[C@@]67CCCN6C[C@H](F)C7)nc5c3F)N3CCCCC[C@H]3CO4)c12)(C(C)C)C(C)C. The molecule has 0 spiro atoms. The van der Waals surface area contributed by atoms with Crippen molar-refractivity contribution < 1.29 is 27.8 Å². The molecule has 55 heavy (non-hydrogen) atoms. The number of aromatic nitrogens is 3. The van der Waals surface area contributed by atoms with Gasteiger partial charge in [0.15, 0.2) is 5.82 Å². The maximum atomic E-state index is 17.5. The summed E-state index contributed by atoms with van der Waals surface area (Å²) in [7, 11) is -2.30. The fourth-order valence-corrected chi connectivity index (χ4v) is 15.7. The summed E-state index contributed by atoms with van der Waals surface area (Å²) in [5.74, 6) is 2.54. The van der Waals surface area contributed by atoms with Crippen LogP contribution in [0.25, 0.3) is 32.9 Å². The molecule has 4 aliphatic rings. The third-order valence-electron chi connectivity index (χ3n) is 13.1. The fraction of sp³-hybridized carbons (Fsp3) is 0.558. The predicted molar refractivity (Wildman–Crippen MR) is 213 cm³/mol. The summed E-state index contributed by atoms with van der Waals surface area (Å²) < 4.78 is 61.1. The normalized spacial score (nSPS) is 22.8. The van der Waals surface area contributed by atoms with Crippen LogP contribution in [0.4, 0.5) is 19.0 Å². The Morgan fingerprint density at radius 1 is 0.982 bits per heavy atom. The van der Waals surface area contributed by atoms with Crippen molar-refractivity contribution in [2.24, 2.45) is 0 Å². The van der Waals surface area contributed by atoms with Gasteiger partial charge < -0.3 is 19.5 Å². The Kier molecular flexibility index (Phi) is 9.94. The topological polar surface area (TPSA) is 83.8 Å². The molecule has 8 nitrogen and oxygen atoms in total. The fourth-order valence-electron chi connectivity index (χ4n) is 10.4. The van der Waals surface area contributed by atoms with Gasteiger partial charge in [0.2, 0.25) is 5.88 Å². The summed E-state index contributed by atoms with van der Waals surface area (Å²) in [5.41, 5.74) is 4.29. The summed E-state index contributed by atoms with van der Waals surface area (Å²) in [5, 5.41) is 12.2. The van der Waals surface area contributed by atoms with E-state index < -0.39 is 31.4 Å². The van der Waals surface area contributed by atoms with E-state index in [2.05, 4.69) is 62.8 Å². The number of hydrogen-bond donors (Lipinski definition) is 1. The minimum absolute atomic E-state index is 0.00801. The molecule has 0 amide bonds. The van der Waals surface area contributed by atoms with E-state index >= 15 is 8.78 Å². The average molecular weight is 772 g/mol. The molecule has 2 aromatic heterocycles. The molecule has 0 saturated carbocycles. The van der Waals surface area contributed by atoms with Crippen LogP contribution in [0.3, 0.4) is 0 Å². The molecule has 0 bridgehead atoms. The van der Waals surface area contributed by atoms with Crippen LogP contribution in [-0.4, -0.2) is 83.6 Å². The Hall–Kier alpha value is -4.08. The van der Waals surface area contributed by atoms with Gasteiger partial charge in [0.05, 0.1) is 17.1 Å². The number of fused-ring (bicyclic) bond motifs is 4. The second kappa shape index (κ2) is 14.5. The molecular formula is C43H52F3N5O3Si. The average Bonchev–Trinajstić information content (AvgIpc) is 3.49. The number of phenolic OH excluding ortho intramolecular Hbond substituents is 1. The first-order valence-electron chi connectivity index (χ1n) is 20.1. The number of hydrogen-bond acceptors (Lipinski definition) is 8. The van der Waals surface area contributed by atoms with E-state index in [4.69, 9.17) is 24.4 Å². The molecule has 292 valence electrons. The van der Waals surface area contributed by atoms with Gasteiger partial charge >= 0.3 is 6.01 Å². The molecule has 4 aliphatic heterocycles. The van der Waals surface area contributed by atoms with Crippen molar-refractivity contribution >= 4 is 35.6 Å². The molecule has 1 N–H and O–H groups in total. The van der Waals surface area contributed by atoms with Gasteiger partial charge in [0, 0.05) is 30.5 Å². The highest BCUT2D eigenvalue weighted by molar-refractivity contribution is 6.90. The van der Waals surface area contributed by atoms with Gasteiger partial charge in [0.1, 0.15) is 61.4 Å². The summed E-state index contributed by atoms with van der Waals surface area (Å²) in [6.07, 6.45) is 5.12. The molecule has 3 fully saturated rings. The lowest BCUT2D eigenvalue weighted by Gasteiger charge is -2.38. The molecule has 2 aromatic carbocycles. The summed E-state index contributed by atoms with van der Waals surface area (Å²) in [6.45, 7) is 15.6. The van der Waals surface area contributed by atoms with Gasteiger partial charge in [-0.2, -0.15) is 9.97 Å². The van der Waals surface area contributed by atoms with Crippen LogP contribution in [0.5, 0.6) is 17.6 Å². The number of anilines is 1. The zero-order valence-electron chi connectivity index (χ0n) is 32.8. The van der Waals surface area contributed by atoms with E-state index in [0.717, 1.165) is 45.1 Å². The maximum Gasteiger partial charge on any atom is 0.319 e. The smallest absolute Gasteiger partial charge is 0.319 e. The monoisotopic (exact) mass is 771 g/mol. The standard InChI is InChI=1S/C43H52F3N5O3Si/c1-25(2)55(26(3)4,27(5)6)18-14-32-34(45)13-12-28-19-31(52)20-33(35(28)32)38-37(46)39-36-40(51-17-9-7-8-11-30(51)23-53-41(36)47-38)49-42(48-39)54-24-43-15-10-16-50(43)22-29(44)21-43/h12-13,19-20,25-27,29-30,52H,7-11,15-17,21-24H2,1-6H3/t29-,30+,43+/m1/s1. The van der Waals surface area contributed by atoms with E-state index in [0.29, 0.717) is 64.7 Å². The molecule has 12 heteroatoms. The minimum atomic E-state index is -2.30. The first-order chi connectivity index (χ1) is 26.3. The predicted octanol–water partition coefficient (Wildman–Crippen LogP) is 9.49. The van der Waals surface area contributed by atoms with Crippen molar-refractivity contribution in [3.05, 3.63) is 41.5 Å². The van der Waals surface area contributed by atoms with Gasteiger partial charge in [-0.25, -0.2) is 18.2 Å². The van der Waals surface area contributed by atoms with E-state index in [1.807, 2.05) is 0 Å². The number of halogens is 3. The third kappa shape index (κ3) is 6.39. The number of nitrogens with zero attached hydrogens (tertiary/aromatic N) is 5. The highest BCUT2D eigenvalue weighted by Gasteiger charge is 2.49. The molecule has 3 atom stereocenters. The molecule has 4 aromatic rings. The zero-order chi connectivity index (χ0) is 38.8. The summed E-state index contributed by atoms with van der Waals surface area (Å²) in [6, 6.07) is 5.86. The van der Waals surface area contributed by atoms with Crippen LogP contribution < -0.4 is 14.4 Å². The lowest BCUT2D eigenvalue weighted by molar-refractivity contribution is 0.107. The number of phenols is 1. The molecule has 0 radical (unpaired) electrons. The van der Waals surface area contributed by atoms with Gasteiger partial charge in [-0.1, -0.05) is 66.4 Å². The number of rotatable bonds is 7. The van der Waals surface area contributed by atoms with Crippen LogP contribution >= 0.6 is 0 Å². The second-order valence-electron chi connectivity index (χ2n) is 17.2. The van der Waals surface area contributed by atoms with Crippen molar-refractivity contribution in [1.29, 1.82) is 0 Å². The molecule has 6 heterocycles. The van der Waals surface area contributed by atoms with Crippen LogP contribution in [0.2, 0.25) is 16.6 Å². The van der Waals surface area contributed by atoms with Gasteiger partial charge in [0.25, 0.3) is 0 Å². The zero-order valence-corrected chi connectivity index (χ0v) is 33.8. The highest BCUT2D eigenvalue weighted by atomic mass is 28.3. The van der Waals surface area contributed by atoms with Crippen LogP contribution in [0, 0.1) is 23.1 Å². The molecule has 8 rings (SSSR count). The van der Waals surface area contributed by atoms with Crippen molar-refractivity contribution in [3.8, 4) is 40.4 Å². The molecule has 3 saturated heterocycles. The molecular weight excluding hydrogens is 720 g/mol. The third-order valence-corrected chi connectivity index (χ3v) is 19.4. The number of alkyl halides is 1. The first-order valence-corrected chi connectivity index (χ1v) is 22.4. The Bertz CT molecular complexity index is 2180.